The normalized spacial score (nSPS) is 10.8. The van der Waals surface area contributed by atoms with E-state index in [0.29, 0.717) is 41.6 Å². The van der Waals surface area contributed by atoms with E-state index in [-0.39, 0.29) is 5.91 Å². The lowest BCUT2D eigenvalue weighted by molar-refractivity contribution is -0.116. The second-order valence-electron chi connectivity index (χ2n) is 5.83. The van der Waals surface area contributed by atoms with Gasteiger partial charge in [0.25, 0.3) is 0 Å². The van der Waals surface area contributed by atoms with E-state index in [9.17, 15) is 4.79 Å². The van der Waals surface area contributed by atoms with Crippen LogP contribution in [-0.4, -0.2) is 17.5 Å². The molecule has 0 aliphatic heterocycles. The maximum Gasteiger partial charge on any atom is 0.224 e. The van der Waals surface area contributed by atoms with Crippen LogP contribution in [0.15, 0.2) is 40.8 Å². The highest BCUT2D eigenvalue weighted by atomic mass is 35.5. The van der Waals surface area contributed by atoms with E-state index in [1.54, 1.807) is 31.2 Å². The lowest BCUT2D eigenvalue weighted by Gasteiger charge is -2.09. The van der Waals surface area contributed by atoms with Crippen LogP contribution < -0.4 is 10.1 Å². The highest BCUT2D eigenvalue weighted by Crippen LogP contribution is 2.22. The van der Waals surface area contributed by atoms with Crippen LogP contribution in [0.1, 0.15) is 24.3 Å². The average Bonchev–Trinajstić information content (AvgIpc) is 2.92. The summed E-state index contributed by atoms with van der Waals surface area (Å²) in [5.41, 5.74) is 3.13. The molecule has 25 heavy (non-hydrogen) atoms. The molecule has 0 aliphatic carbocycles. The zero-order valence-electron chi connectivity index (χ0n) is 14.1. The fraction of sp³-hybridized carbons (Fsp3) is 0.263. The van der Waals surface area contributed by atoms with Crippen molar-refractivity contribution in [3.63, 3.8) is 0 Å². The molecule has 0 unspecified atom stereocenters. The van der Waals surface area contributed by atoms with Crippen LogP contribution in [-0.2, 0) is 4.79 Å². The van der Waals surface area contributed by atoms with Crippen LogP contribution in [0.25, 0.3) is 11.1 Å². The lowest BCUT2D eigenvalue weighted by atomic mass is 10.2. The van der Waals surface area contributed by atoms with E-state index in [4.69, 9.17) is 20.8 Å². The van der Waals surface area contributed by atoms with Gasteiger partial charge in [-0.2, -0.15) is 0 Å². The van der Waals surface area contributed by atoms with Crippen LogP contribution in [0.2, 0.25) is 5.02 Å². The summed E-state index contributed by atoms with van der Waals surface area (Å²) in [5, 5.41) is 3.55. The molecular weight excluding hydrogens is 340 g/mol. The van der Waals surface area contributed by atoms with Crippen molar-refractivity contribution in [1.29, 1.82) is 0 Å². The Balaban J connectivity index is 1.47. The molecule has 5 nitrogen and oxygen atoms in total. The van der Waals surface area contributed by atoms with Crippen molar-refractivity contribution in [3.05, 3.63) is 52.9 Å². The van der Waals surface area contributed by atoms with Gasteiger partial charge in [0.2, 0.25) is 5.91 Å². The van der Waals surface area contributed by atoms with Crippen molar-refractivity contribution in [2.75, 3.05) is 11.9 Å². The fourth-order valence-corrected chi connectivity index (χ4v) is 2.76. The molecule has 0 fully saturated rings. The molecule has 3 aromatic rings. The molecule has 0 aliphatic rings. The van der Waals surface area contributed by atoms with Crippen LogP contribution >= 0.6 is 11.6 Å². The number of nitrogens with one attached hydrogen (secondary N) is 1. The molecule has 2 aromatic carbocycles. The highest BCUT2D eigenvalue weighted by molar-refractivity contribution is 6.30. The first kappa shape index (κ1) is 17.3. The van der Waals surface area contributed by atoms with Gasteiger partial charge in [-0.1, -0.05) is 11.6 Å². The van der Waals surface area contributed by atoms with Gasteiger partial charge in [-0.15, -0.1) is 0 Å². The van der Waals surface area contributed by atoms with Gasteiger partial charge in [-0.3, -0.25) is 4.79 Å². The second-order valence-corrected chi connectivity index (χ2v) is 6.26. The molecular formula is C19H19ClN2O3. The zero-order valence-corrected chi connectivity index (χ0v) is 14.9. The SMILES string of the molecule is Cc1nc2cc(NC(=O)CCCOc3ccc(Cl)cc3C)ccc2o1. The van der Waals surface area contributed by atoms with E-state index in [2.05, 4.69) is 10.3 Å². The summed E-state index contributed by atoms with van der Waals surface area (Å²) in [6.07, 6.45) is 1.00. The van der Waals surface area contributed by atoms with Crippen molar-refractivity contribution in [2.24, 2.45) is 0 Å². The third kappa shape index (κ3) is 4.51. The van der Waals surface area contributed by atoms with E-state index in [1.807, 2.05) is 19.1 Å². The summed E-state index contributed by atoms with van der Waals surface area (Å²) in [7, 11) is 0. The number of rotatable bonds is 6. The summed E-state index contributed by atoms with van der Waals surface area (Å²) in [6.45, 7) is 4.20. The summed E-state index contributed by atoms with van der Waals surface area (Å²) >= 11 is 5.92. The van der Waals surface area contributed by atoms with Crippen LogP contribution in [0.5, 0.6) is 5.75 Å². The summed E-state index contributed by atoms with van der Waals surface area (Å²) in [4.78, 5) is 16.3. The third-order valence-electron chi connectivity index (χ3n) is 3.72. The second kappa shape index (κ2) is 7.57. The van der Waals surface area contributed by atoms with Crippen molar-refractivity contribution in [2.45, 2.75) is 26.7 Å². The number of hydrogen-bond donors (Lipinski definition) is 1. The number of ether oxygens (including phenoxy) is 1. The number of aromatic nitrogens is 1. The van der Waals surface area contributed by atoms with Crippen LogP contribution in [0.4, 0.5) is 5.69 Å². The Morgan fingerprint density at radius 3 is 2.88 bits per heavy atom. The number of halogens is 1. The first-order valence-electron chi connectivity index (χ1n) is 8.07. The van der Waals surface area contributed by atoms with Gasteiger partial charge < -0.3 is 14.5 Å². The number of aryl methyl sites for hydroxylation is 2. The molecule has 0 saturated carbocycles. The van der Waals surface area contributed by atoms with Crippen LogP contribution in [0.3, 0.4) is 0 Å². The monoisotopic (exact) mass is 358 g/mol. The van der Waals surface area contributed by atoms with Gasteiger partial charge in [0, 0.05) is 24.1 Å². The van der Waals surface area contributed by atoms with Gasteiger partial charge in [0.1, 0.15) is 11.3 Å². The Morgan fingerprint density at radius 1 is 1.24 bits per heavy atom. The van der Waals surface area contributed by atoms with E-state index in [0.717, 1.165) is 16.8 Å². The summed E-state index contributed by atoms with van der Waals surface area (Å²) < 4.78 is 11.1. The Kier molecular flexibility index (Phi) is 5.24. The minimum atomic E-state index is -0.0593. The number of carbonyl (C=O) groups is 1. The number of benzene rings is 2. The summed E-state index contributed by atoms with van der Waals surface area (Å²) in [5.74, 6) is 1.33. The highest BCUT2D eigenvalue weighted by Gasteiger charge is 2.07. The molecule has 1 N–H and O–H groups in total. The molecule has 0 radical (unpaired) electrons. The number of anilines is 1. The fourth-order valence-electron chi connectivity index (χ4n) is 2.53. The standard InChI is InChI=1S/C19H19ClN2O3/c1-12-10-14(20)5-7-17(12)24-9-3-4-19(23)22-15-6-8-18-16(11-15)21-13(2)25-18/h5-8,10-11H,3-4,9H2,1-2H3,(H,22,23). The number of hydrogen-bond acceptors (Lipinski definition) is 4. The predicted molar refractivity (Wildman–Crippen MR) is 98.3 cm³/mol. The lowest BCUT2D eigenvalue weighted by Crippen LogP contribution is -2.12. The van der Waals surface area contributed by atoms with Crippen LogP contribution in [0, 0.1) is 13.8 Å². The topological polar surface area (TPSA) is 64.4 Å². The molecule has 0 atom stereocenters. The molecule has 130 valence electrons. The van der Waals surface area contributed by atoms with Gasteiger partial charge in [-0.05, 0) is 55.3 Å². The predicted octanol–water partition coefficient (Wildman–Crippen LogP) is 4.90. The van der Waals surface area contributed by atoms with Crippen molar-refractivity contribution in [3.8, 4) is 5.75 Å². The first-order chi connectivity index (χ1) is 12.0. The number of nitrogens with zero attached hydrogens (tertiary/aromatic N) is 1. The molecule has 3 rings (SSSR count). The Labute approximate surface area is 151 Å². The Hall–Kier alpha value is -2.53. The largest absolute Gasteiger partial charge is 0.493 e. The Morgan fingerprint density at radius 2 is 2.08 bits per heavy atom. The molecule has 1 amide bonds. The molecule has 6 heteroatoms. The van der Waals surface area contributed by atoms with Crippen molar-refractivity contribution in [1.82, 2.24) is 4.98 Å². The Bertz CT molecular complexity index is 905. The molecule has 0 saturated heterocycles. The minimum Gasteiger partial charge on any atom is -0.493 e. The quantitative estimate of drug-likeness (QED) is 0.637. The average molecular weight is 359 g/mol. The number of carbonyl (C=O) groups excluding carboxylic acids is 1. The molecule has 1 aromatic heterocycles. The van der Waals surface area contributed by atoms with Gasteiger partial charge in [-0.25, -0.2) is 4.98 Å². The van der Waals surface area contributed by atoms with Gasteiger partial charge in [0.05, 0.1) is 6.61 Å². The molecule has 0 bridgehead atoms. The number of oxazole rings is 1. The zero-order chi connectivity index (χ0) is 17.8. The smallest absolute Gasteiger partial charge is 0.224 e. The third-order valence-corrected chi connectivity index (χ3v) is 3.96. The van der Waals surface area contributed by atoms with E-state index < -0.39 is 0 Å². The minimum absolute atomic E-state index is 0.0593. The van der Waals surface area contributed by atoms with Gasteiger partial charge in [0.15, 0.2) is 11.5 Å². The van der Waals surface area contributed by atoms with E-state index >= 15 is 0 Å². The van der Waals surface area contributed by atoms with Gasteiger partial charge >= 0.3 is 0 Å². The maximum atomic E-state index is 12.0. The maximum absolute atomic E-state index is 12.0. The first-order valence-corrected chi connectivity index (χ1v) is 8.45. The van der Waals surface area contributed by atoms with Crippen molar-refractivity contribution >= 4 is 34.3 Å². The number of fused-ring (bicyclic) bond motifs is 1. The molecule has 1 heterocycles. The molecule has 0 spiro atoms. The number of amides is 1. The van der Waals surface area contributed by atoms with Crippen molar-refractivity contribution < 1.29 is 13.9 Å². The summed E-state index contributed by atoms with van der Waals surface area (Å²) in [6, 6.07) is 10.9. The van der Waals surface area contributed by atoms with E-state index in [1.165, 1.54) is 0 Å².